The number of hydrogen-bond donors (Lipinski definition) is 1. The summed E-state index contributed by atoms with van der Waals surface area (Å²) in [5, 5.41) is 17.7. The molecule has 0 heterocycles. The molecule has 2 rings (SSSR count). The molecule has 0 radical (unpaired) electrons. The van der Waals surface area contributed by atoms with Gasteiger partial charge in [0.1, 0.15) is 0 Å². The lowest BCUT2D eigenvalue weighted by molar-refractivity contribution is 0.601. The molecule has 7 heteroatoms. The van der Waals surface area contributed by atoms with Crippen LogP contribution in [0.2, 0.25) is 5.02 Å². The van der Waals surface area contributed by atoms with Crippen LogP contribution in [0.5, 0.6) is 0 Å². The first-order chi connectivity index (χ1) is 9.96. The summed E-state index contributed by atoms with van der Waals surface area (Å²) in [5.74, 6) is 0. The number of nitrogens with one attached hydrogen (secondary N) is 1. The number of benzene rings is 2. The monoisotopic (exact) mass is 317 g/mol. The maximum atomic E-state index is 12.2. The molecule has 0 aliphatic carbocycles. The molecule has 0 saturated carbocycles. The molecule has 0 aromatic heterocycles. The number of nitriles is 2. The standard InChI is InChI=1S/C14H8ClN3O2S/c15-13-7-11(9-17)4-5-14(13)18-21(19,20)12-3-1-2-10(6-12)8-16/h1-7,18H. The Morgan fingerprint density at radius 1 is 1.00 bits per heavy atom. The van der Waals surface area contributed by atoms with Crippen molar-refractivity contribution in [1.29, 1.82) is 10.5 Å². The molecular formula is C14H8ClN3O2S. The van der Waals surface area contributed by atoms with Gasteiger partial charge in [-0.25, -0.2) is 8.42 Å². The van der Waals surface area contributed by atoms with Crippen LogP contribution in [0.4, 0.5) is 5.69 Å². The minimum atomic E-state index is -3.86. The number of hydrogen-bond acceptors (Lipinski definition) is 4. The van der Waals surface area contributed by atoms with Crippen molar-refractivity contribution in [1.82, 2.24) is 0 Å². The summed E-state index contributed by atoms with van der Waals surface area (Å²) >= 11 is 5.93. The Bertz CT molecular complexity index is 880. The van der Waals surface area contributed by atoms with Gasteiger partial charge in [0.15, 0.2) is 0 Å². The Labute approximate surface area is 127 Å². The van der Waals surface area contributed by atoms with E-state index in [0.29, 0.717) is 5.56 Å². The van der Waals surface area contributed by atoms with Crippen molar-refractivity contribution >= 4 is 27.3 Å². The van der Waals surface area contributed by atoms with Gasteiger partial charge in [-0.1, -0.05) is 17.7 Å². The molecule has 2 aromatic rings. The van der Waals surface area contributed by atoms with Crippen LogP contribution in [-0.2, 0) is 10.0 Å². The van der Waals surface area contributed by atoms with Crippen LogP contribution < -0.4 is 4.72 Å². The Morgan fingerprint density at radius 2 is 1.67 bits per heavy atom. The van der Waals surface area contributed by atoms with E-state index in [9.17, 15) is 8.42 Å². The van der Waals surface area contributed by atoms with Crippen LogP contribution in [0, 0.1) is 22.7 Å². The highest BCUT2D eigenvalue weighted by Crippen LogP contribution is 2.25. The molecule has 21 heavy (non-hydrogen) atoms. The van der Waals surface area contributed by atoms with E-state index in [1.807, 2.05) is 12.1 Å². The van der Waals surface area contributed by atoms with Crippen LogP contribution in [0.25, 0.3) is 0 Å². The van der Waals surface area contributed by atoms with Gasteiger partial charge in [0, 0.05) is 0 Å². The highest BCUT2D eigenvalue weighted by Gasteiger charge is 2.16. The van der Waals surface area contributed by atoms with E-state index in [1.54, 1.807) is 0 Å². The molecule has 0 aliphatic heterocycles. The van der Waals surface area contributed by atoms with E-state index in [1.165, 1.54) is 42.5 Å². The van der Waals surface area contributed by atoms with E-state index in [4.69, 9.17) is 22.1 Å². The van der Waals surface area contributed by atoms with Gasteiger partial charge in [-0.15, -0.1) is 0 Å². The molecule has 0 aliphatic rings. The minimum Gasteiger partial charge on any atom is -0.278 e. The third-order valence-electron chi connectivity index (χ3n) is 2.62. The normalized spacial score (nSPS) is 10.4. The summed E-state index contributed by atoms with van der Waals surface area (Å²) < 4.78 is 26.8. The van der Waals surface area contributed by atoms with Gasteiger partial charge in [-0.2, -0.15) is 10.5 Å². The van der Waals surface area contributed by atoms with Crippen LogP contribution in [0.15, 0.2) is 47.4 Å². The van der Waals surface area contributed by atoms with Gasteiger partial charge >= 0.3 is 0 Å². The van der Waals surface area contributed by atoms with Crippen molar-refractivity contribution in [2.75, 3.05) is 4.72 Å². The number of rotatable bonds is 3. The molecular weight excluding hydrogens is 310 g/mol. The topological polar surface area (TPSA) is 93.8 Å². The Hall–Kier alpha value is -2.54. The van der Waals surface area contributed by atoms with E-state index in [2.05, 4.69) is 4.72 Å². The second-order valence-electron chi connectivity index (χ2n) is 4.05. The molecule has 104 valence electrons. The van der Waals surface area contributed by atoms with Gasteiger partial charge in [-0.05, 0) is 36.4 Å². The van der Waals surface area contributed by atoms with Crippen molar-refractivity contribution in [2.45, 2.75) is 4.90 Å². The zero-order valence-electron chi connectivity index (χ0n) is 10.5. The minimum absolute atomic E-state index is 0.0398. The highest BCUT2D eigenvalue weighted by atomic mass is 35.5. The average Bonchev–Trinajstić information content (AvgIpc) is 2.49. The Morgan fingerprint density at radius 3 is 2.29 bits per heavy atom. The number of anilines is 1. The smallest absolute Gasteiger partial charge is 0.261 e. The van der Waals surface area contributed by atoms with Crippen molar-refractivity contribution in [3.8, 4) is 12.1 Å². The van der Waals surface area contributed by atoms with Gasteiger partial charge in [-0.3, -0.25) is 4.72 Å². The predicted molar refractivity (Wildman–Crippen MR) is 78.1 cm³/mol. The molecule has 0 bridgehead atoms. The zero-order valence-corrected chi connectivity index (χ0v) is 12.1. The molecule has 0 amide bonds. The molecule has 2 aromatic carbocycles. The van der Waals surface area contributed by atoms with E-state index in [0.717, 1.165) is 0 Å². The van der Waals surface area contributed by atoms with Crippen molar-refractivity contribution in [3.63, 3.8) is 0 Å². The first kappa shape index (κ1) is 14.9. The average molecular weight is 318 g/mol. The van der Waals surface area contributed by atoms with Crippen molar-refractivity contribution in [2.24, 2.45) is 0 Å². The quantitative estimate of drug-likeness (QED) is 0.941. The summed E-state index contributed by atoms with van der Waals surface area (Å²) in [6.07, 6.45) is 0. The highest BCUT2D eigenvalue weighted by molar-refractivity contribution is 7.92. The lowest BCUT2D eigenvalue weighted by Crippen LogP contribution is -2.13. The van der Waals surface area contributed by atoms with Gasteiger partial charge in [0.05, 0.1) is 38.9 Å². The Balaban J connectivity index is 2.38. The fraction of sp³-hybridized carbons (Fsp3) is 0. The summed E-state index contributed by atoms with van der Waals surface area (Å²) in [5.41, 5.74) is 0.733. The molecule has 0 atom stereocenters. The molecule has 0 spiro atoms. The maximum Gasteiger partial charge on any atom is 0.261 e. The summed E-state index contributed by atoms with van der Waals surface area (Å²) in [7, 11) is -3.86. The predicted octanol–water partition coefficient (Wildman–Crippen LogP) is 2.88. The second kappa shape index (κ2) is 5.84. The zero-order chi connectivity index (χ0) is 15.5. The summed E-state index contributed by atoms with van der Waals surface area (Å²) in [6.45, 7) is 0. The SMILES string of the molecule is N#Cc1cccc(S(=O)(=O)Nc2ccc(C#N)cc2Cl)c1. The molecule has 0 fully saturated rings. The summed E-state index contributed by atoms with van der Waals surface area (Å²) in [4.78, 5) is -0.0398. The van der Waals surface area contributed by atoms with Crippen molar-refractivity contribution < 1.29 is 8.42 Å². The summed E-state index contributed by atoms with van der Waals surface area (Å²) in [6, 6.07) is 13.6. The van der Waals surface area contributed by atoms with Crippen LogP contribution in [-0.4, -0.2) is 8.42 Å². The second-order valence-corrected chi connectivity index (χ2v) is 6.14. The first-order valence-corrected chi connectivity index (χ1v) is 7.55. The number of sulfonamides is 1. The van der Waals surface area contributed by atoms with Crippen LogP contribution in [0.3, 0.4) is 0 Å². The largest absolute Gasteiger partial charge is 0.278 e. The fourth-order valence-electron chi connectivity index (χ4n) is 1.60. The number of nitrogens with zero attached hydrogens (tertiary/aromatic N) is 2. The maximum absolute atomic E-state index is 12.2. The van der Waals surface area contributed by atoms with Gasteiger partial charge in [0.2, 0.25) is 0 Å². The first-order valence-electron chi connectivity index (χ1n) is 5.69. The third-order valence-corrected chi connectivity index (χ3v) is 4.29. The van der Waals surface area contributed by atoms with Gasteiger partial charge in [0.25, 0.3) is 10.0 Å². The van der Waals surface area contributed by atoms with E-state index in [-0.39, 0.29) is 21.2 Å². The van der Waals surface area contributed by atoms with Gasteiger partial charge < -0.3 is 0 Å². The lowest BCUT2D eigenvalue weighted by Gasteiger charge is -2.10. The molecule has 0 saturated heterocycles. The van der Waals surface area contributed by atoms with Crippen molar-refractivity contribution in [3.05, 3.63) is 58.6 Å². The Kier molecular flexibility index (Phi) is 4.13. The lowest BCUT2D eigenvalue weighted by atomic mass is 10.2. The molecule has 5 nitrogen and oxygen atoms in total. The number of halogens is 1. The van der Waals surface area contributed by atoms with Crippen LogP contribution >= 0.6 is 11.6 Å². The molecule has 0 unspecified atom stereocenters. The molecule has 1 N–H and O–H groups in total. The van der Waals surface area contributed by atoms with E-state index < -0.39 is 10.0 Å². The van der Waals surface area contributed by atoms with E-state index >= 15 is 0 Å². The third kappa shape index (κ3) is 3.32. The van der Waals surface area contributed by atoms with Crippen LogP contribution in [0.1, 0.15) is 11.1 Å². The fourth-order valence-corrected chi connectivity index (χ4v) is 3.01.